The molecule has 330 valence electrons. The predicted octanol–water partition coefficient (Wildman–Crippen LogP) is 17.8. The van der Waals surface area contributed by atoms with Gasteiger partial charge in [0.15, 0.2) is 0 Å². The molecule has 6 atom stereocenters. The standard InChI is InChI=1S/C12H16.3C10H14.C9H11N.C9H10S/c1-10-6-2-3-7-11-8-4-5-9-12(10)11;3*1-8-4-2-5-9-6-3-7-10(8)9;2*1-7-6-10-9-5-3-2-4-8(7)9/h4-5,8-10H,2-3,6-7H2,1H3;3*3,7-8H,2,4-6H2,1H3;2-5,7,10H,6H2,1H3;2-5,7H,6H2,1H3. The number of thioether (sulfide) groups is 1. The fraction of sp³-hybridized carbons (Fsp3) is 0.500. The summed E-state index contributed by atoms with van der Waals surface area (Å²) in [6, 6.07) is 26.1. The SMILES string of the molecule is CC1CCCC2=C1C=CC2.CC1CCCC2=C1C=CC2.CC1CCCC2=C1C=CC2.CC1CCCCc2ccccc21.CC1CNc2ccccc21.CC1CSc2ccccc21. The molecule has 1 N–H and O–H groups in total. The van der Waals surface area contributed by atoms with E-state index in [2.05, 4.69) is 156 Å². The summed E-state index contributed by atoms with van der Waals surface area (Å²) in [6.45, 7) is 15.0. The van der Waals surface area contributed by atoms with Crippen molar-refractivity contribution in [1.29, 1.82) is 0 Å². The zero-order valence-corrected chi connectivity index (χ0v) is 40.3. The van der Waals surface area contributed by atoms with Crippen LogP contribution < -0.4 is 5.32 Å². The number of hydrogen-bond acceptors (Lipinski definition) is 2. The van der Waals surface area contributed by atoms with E-state index in [1.54, 1.807) is 44.6 Å². The van der Waals surface area contributed by atoms with Crippen molar-refractivity contribution < 1.29 is 0 Å². The van der Waals surface area contributed by atoms with Crippen LogP contribution in [0.1, 0.15) is 178 Å². The summed E-state index contributed by atoms with van der Waals surface area (Å²) in [7, 11) is 0. The molecule has 0 saturated carbocycles. The predicted molar refractivity (Wildman–Crippen MR) is 273 cm³/mol. The molecule has 0 spiro atoms. The van der Waals surface area contributed by atoms with Gasteiger partial charge in [-0.25, -0.2) is 0 Å². The van der Waals surface area contributed by atoms with Crippen LogP contribution in [0.2, 0.25) is 0 Å². The molecular weight excluding hydrogens is 767 g/mol. The van der Waals surface area contributed by atoms with E-state index in [0.717, 1.165) is 36.1 Å². The minimum absolute atomic E-state index is 0.691. The summed E-state index contributed by atoms with van der Waals surface area (Å²) in [6.07, 6.45) is 35.7. The smallest absolute Gasteiger partial charge is 0.0376 e. The summed E-state index contributed by atoms with van der Waals surface area (Å²) in [5.74, 6) is 6.05. The minimum Gasteiger partial charge on any atom is -0.384 e. The molecule has 9 aliphatic rings. The lowest BCUT2D eigenvalue weighted by Crippen LogP contribution is -2.04. The second-order valence-corrected chi connectivity index (χ2v) is 20.9. The fourth-order valence-corrected chi connectivity index (χ4v) is 12.5. The van der Waals surface area contributed by atoms with Crippen LogP contribution in [0.25, 0.3) is 0 Å². The lowest BCUT2D eigenvalue weighted by molar-refractivity contribution is 0.547. The largest absolute Gasteiger partial charge is 0.384 e. The molecule has 6 unspecified atom stereocenters. The van der Waals surface area contributed by atoms with E-state index >= 15 is 0 Å². The maximum absolute atomic E-state index is 3.35. The highest BCUT2D eigenvalue weighted by Crippen LogP contribution is 2.40. The van der Waals surface area contributed by atoms with Crippen LogP contribution in [0.4, 0.5) is 5.69 Å². The summed E-state index contributed by atoms with van der Waals surface area (Å²) < 4.78 is 0. The van der Waals surface area contributed by atoms with Crippen LogP contribution in [0.5, 0.6) is 0 Å². The maximum Gasteiger partial charge on any atom is 0.0376 e. The van der Waals surface area contributed by atoms with Crippen LogP contribution in [-0.4, -0.2) is 12.3 Å². The molecule has 0 bridgehead atoms. The summed E-state index contributed by atoms with van der Waals surface area (Å²) in [5, 5.41) is 3.35. The molecule has 0 amide bonds. The van der Waals surface area contributed by atoms with Crippen molar-refractivity contribution in [2.75, 3.05) is 17.6 Å². The van der Waals surface area contributed by atoms with E-state index in [-0.39, 0.29) is 0 Å². The maximum atomic E-state index is 3.35. The average molecular weight is 846 g/mol. The fourth-order valence-electron chi connectivity index (χ4n) is 11.2. The number of fused-ring (bicyclic) bond motifs is 3. The Bertz CT molecular complexity index is 1960. The molecule has 1 nitrogen and oxygen atoms in total. The molecule has 2 heterocycles. The lowest BCUT2D eigenvalue weighted by atomic mass is 9.86. The molecule has 0 saturated heterocycles. The monoisotopic (exact) mass is 846 g/mol. The van der Waals surface area contributed by atoms with Gasteiger partial charge >= 0.3 is 0 Å². The number of nitrogens with one attached hydrogen (secondary N) is 1. The van der Waals surface area contributed by atoms with Crippen molar-refractivity contribution in [3.63, 3.8) is 0 Å². The molecule has 0 fully saturated rings. The van der Waals surface area contributed by atoms with Gasteiger partial charge in [0.25, 0.3) is 0 Å². The van der Waals surface area contributed by atoms with Crippen LogP contribution in [0.3, 0.4) is 0 Å². The van der Waals surface area contributed by atoms with Crippen molar-refractivity contribution in [3.8, 4) is 0 Å². The molecule has 3 aromatic rings. The molecule has 7 aliphatic carbocycles. The average Bonchev–Trinajstić information content (AvgIpc) is 4.16. The van der Waals surface area contributed by atoms with Crippen molar-refractivity contribution in [3.05, 3.63) is 165 Å². The summed E-state index contributed by atoms with van der Waals surface area (Å²) in [4.78, 5) is 1.48. The third-order valence-corrected chi connectivity index (χ3v) is 16.4. The number of rotatable bonds is 0. The van der Waals surface area contributed by atoms with Gasteiger partial charge in [0.1, 0.15) is 0 Å². The highest BCUT2D eigenvalue weighted by molar-refractivity contribution is 7.99. The molecule has 0 radical (unpaired) electrons. The Morgan fingerprint density at radius 3 is 1.45 bits per heavy atom. The summed E-state index contributed by atoms with van der Waals surface area (Å²) >= 11 is 1.98. The first-order valence-corrected chi connectivity index (χ1v) is 26.0. The Labute approximate surface area is 382 Å². The topological polar surface area (TPSA) is 12.0 Å². The number of allylic oxidation sites excluding steroid dienone is 12. The van der Waals surface area contributed by atoms with E-state index in [1.807, 2.05) is 11.8 Å². The van der Waals surface area contributed by atoms with Gasteiger partial charge in [-0.05, 0) is 177 Å². The number of benzene rings is 3. The first kappa shape index (κ1) is 46.2. The van der Waals surface area contributed by atoms with Gasteiger partial charge in [-0.2, -0.15) is 0 Å². The van der Waals surface area contributed by atoms with Crippen molar-refractivity contribution in [2.45, 2.75) is 167 Å². The van der Waals surface area contributed by atoms with Gasteiger partial charge in [-0.15, -0.1) is 11.8 Å². The molecule has 2 aliphatic heterocycles. The number of hydrogen-bond donors (Lipinski definition) is 1. The number of anilines is 1. The third kappa shape index (κ3) is 12.3. The van der Waals surface area contributed by atoms with Gasteiger partial charge in [0.05, 0.1) is 0 Å². The molecule has 3 aromatic carbocycles. The third-order valence-electron chi connectivity index (χ3n) is 15.1. The highest BCUT2D eigenvalue weighted by Gasteiger charge is 2.22. The quantitative estimate of drug-likeness (QED) is 0.226. The first-order valence-electron chi connectivity index (χ1n) is 25.0. The zero-order valence-electron chi connectivity index (χ0n) is 39.5. The van der Waals surface area contributed by atoms with Crippen LogP contribution in [0, 0.1) is 17.8 Å². The second kappa shape index (κ2) is 23.3. The van der Waals surface area contributed by atoms with E-state index in [1.165, 1.54) is 130 Å². The van der Waals surface area contributed by atoms with E-state index in [4.69, 9.17) is 0 Å². The van der Waals surface area contributed by atoms with Gasteiger partial charge in [-0.3, -0.25) is 0 Å². The van der Waals surface area contributed by atoms with Crippen LogP contribution in [0.15, 0.2) is 148 Å². The second-order valence-electron chi connectivity index (χ2n) is 19.8. The normalized spacial score (nSPS) is 26.7. The van der Waals surface area contributed by atoms with E-state index in [9.17, 15) is 0 Å². The van der Waals surface area contributed by atoms with E-state index < -0.39 is 0 Å². The molecule has 2 heteroatoms. The highest BCUT2D eigenvalue weighted by atomic mass is 32.2. The minimum atomic E-state index is 0.691. The Balaban J connectivity index is 0.000000112. The van der Waals surface area contributed by atoms with Crippen molar-refractivity contribution in [2.24, 2.45) is 17.8 Å². The van der Waals surface area contributed by atoms with Crippen LogP contribution in [-0.2, 0) is 6.42 Å². The molecule has 12 rings (SSSR count). The first-order chi connectivity index (χ1) is 30.3. The Morgan fingerprint density at radius 2 is 0.919 bits per heavy atom. The van der Waals surface area contributed by atoms with E-state index in [0.29, 0.717) is 5.92 Å². The molecular formula is C60H79NS. The Hall–Kier alpha value is -3.75. The van der Waals surface area contributed by atoms with Crippen molar-refractivity contribution >= 4 is 17.4 Å². The molecule has 62 heavy (non-hydrogen) atoms. The lowest BCUT2D eigenvalue weighted by Gasteiger charge is -2.20. The number of aryl methyl sites for hydroxylation is 1. The van der Waals surface area contributed by atoms with Crippen LogP contribution >= 0.6 is 11.8 Å². The Morgan fingerprint density at radius 1 is 0.435 bits per heavy atom. The summed E-state index contributed by atoms with van der Waals surface area (Å²) in [5.41, 5.74) is 17.6. The van der Waals surface area contributed by atoms with Crippen molar-refractivity contribution in [1.82, 2.24) is 0 Å². The van der Waals surface area contributed by atoms with Gasteiger partial charge in [0.2, 0.25) is 0 Å². The van der Waals surface area contributed by atoms with Gasteiger partial charge in [0, 0.05) is 28.8 Å². The Kier molecular flexibility index (Phi) is 17.4. The van der Waals surface area contributed by atoms with Gasteiger partial charge in [-0.1, -0.05) is 162 Å². The van der Waals surface area contributed by atoms with Gasteiger partial charge < -0.3 is 5.32 Å². The number of para-hydroxylation sites is 1. The zero-order chi connectivity index (χ0) is 43.3. The molecule has 0 aromatic heterocycles.